The predicted molar refractivity (Wildman–Crippen MR) is 76.8 cm³/mol. The van der Waals surface area contributed by atoms with Gasteiger partial charge in [-0.2, -0.15) is 0 Å². The first kappa shape index (κ1) is 14.7. The Morgan fingerprint density at radius 2 is 2.00 bits per heavy atom. The number of carbonyl (C=O) groups is 1. The molecule has 0 heterocycles. The van der Waals surface area contributed by atoms with Crippen LogP contribution in [0.4, 0.5) is 5.69 Å². The molecule has 0 aliphatic heterocycles. The third kappa shape index (κ3) is 5.32. The maximum Gasteiger partial charge on any atom is 0.225 e. The molecular weight excluding hydrogens is 224 g/mol. The van der Waals surface area contributed by atoms with Crippen molar-refractivity contribution in [2.75, 3.05) is 11.9 Å². The van der Waals surface area contributed by atoms with Crippen LogP contribution in [0.1, 0.15) is 39.2 Å². The zero-order valence-electron chi connectivity index (χ0n) is 11.6. The zero-order chi connectivity index (χ0) is 13.4. The number of para-hydroxylation sites is 1. The lowest BCUT2D eigenvalue weighted by Crippen LogP contribution is -2.27. The third-order valence-electron chi connectivity index (χ3n) is 2.72. The largest absolute Gasteiger partial charge is 0.326 e. The number of hydrogen-bond donors (Lipinski definition) is 2. The molecule has 0 aliphatic carbocycles. The summed E-state index contributed by atoms with van der Waals surface area (Å²) in [5.41, 5.74) is 2.17. The molecule has 0 unspecified atom stereocenters. The Balaban J connectivity index is 2.48. The van der Waals surface area contributed by atoms with Crippen LogP contribution >= 0.6 is 0 Å². The first-order valence-corrected chi connectivity index (χ1v) is 6.74. The van der Waals surface area contributed by atoms with Crippen LogP contribution in [0, 0.1) is 0 Å². The quantitative estimate of drug-likeness (QED) is 0.779. The van der Waals surface area contributed by atoms with E-state index in [0.717, 1.165) is 25.1 Å². The minimum Gasteiger partial charge on any atom is -0.326 e. The molecule has 1 aromatic rings. The van der Waals surface area contributed by atoms with Gasteiger partial charge in [0.25, 0.3) is 0 Å². The second-order valence-corrected chi connectivity index (χ2v) is 4.81. The summed E-state index contributed by atoms with van der Waals surface area (Å²) in [4.78, 5) is 11.8. The monoisotopic (exact) mass is 248 g/mol. The van der Waals surface area contributed by atoms with E-state index in [2.05, 4.69) is 37.5 Å². The Kier molecular flexibility index (Phi) is 6.44. The summed E-state index contributed by atoms with van der Waals surface area (Å²) in [5, 5.41) is 6.23. The van der Waals surface area contributed by atoms with Crippen molar-refractivity contribution in [3.63, 3.8) is 0 Å². The minimum absolute atomic E-state index is 0.0757. The number of carbonyl (C=O) groups excluding carboxylic acids is 1. The maximum atomic E-state index is 11.8. The van der Waals surface area contributed by atoms with Crippen LogP contribution in [0.25, 0.3) is 0 Å². The van der Waals surface area contributed by atoms with E-state index in [0.29, 0.717) is 12.5 Å². The van der Waals surface area contributed by atoms with Gasteiger partial charge in [-0.1, -0.05) is 45.4 Å². The highest BCUT2D eigenvalue weighted by molar-refractivity contribution is 5.91. The molecule has 0 fully saturated rings. The third-order valence-corrected chi connectivity index (χ3v) is 2.72. The Bertz CT molecular complexity index is 375. The lowest BCUT2D eigenvalue weighted by Gasteiger charge is -2.11. The summed E-state index contributed by atoms with van der Waals surface area (Å²) < 4.78 is 0. The highest BCUT2D eigenvalue weighted by Crippen LogP contribution is 2.16. The van der Waals surface area contributed by atoms with Crippen LogP contribution in [0.3, 0.4) is 0 Å². The number of nitrogens with one attached hydrogen (secondary N) is 2. The summed E-state index contributed by atoms with van der Waals surface area (Å²) in [5.74, 6) is 0.0757. The topological polar surface area (TPSA) is 41.1 Å². The first-order chi connectivity index (χ1) is 8.63. The number of amides is 1. The first-order valence-electron chi connectivity index (χ1n) is 6.74. The molecule has 1 aromatic carbocycles. The molecule has 1 amide bonds. The van der Waals surface area contributed by atoms with Gasteiger partial charge in [0, 0.05) is 24.7 Å². The van der Waals surface area contributed by atoms with E-state index in [1.165, 1.54) is 5.56 Å². The van der Waals surface area contributed by atoms with Crippen LogP contribution in [-0.2, 0) is 11.2 Å². The summed E-state index contributed by atoms with van der Waals surface area (Å²) >= 11 is 0. The van der Waals surface area contributed by atoms with E-state index in [9.17, 15) is 4.79 Å². The minimum atomic E-state index is 0.0757. The van der Waals surface area contributed by atoms with E-state index in [1.807, 2.05) is 18.2 Å². The van der Waals surface area contributed by atoms with Crippen LogP contribution < -0.4 is 10.6 Å². The van der Waals surface area contributed by atoms with Crippen molar-refractivity contribution in [2.24, 2.45) is 0 Å². The van der Waals surface area contributed by atoms with Gasteiger partial charge in [-0.3, -0.25) is 4.79 Å². The molecule has 0 atom stereocenters. The molecule has 0 aromatic heterocycles. The highest BCUT2D eigenvalue weighted by Gasteiger charge is 2.06. The number of aryl methyl sites for hydroxylation is 1. The van der Waals surface area contributed by atoms with Crippen LogP contribution in [0.15, 0.2) is 24.3 Å². The number of hydrogen-bond acceptors (Lipinski definition) is 2. The Morgan fingerprint density at radius 3 is 2.67 bits per heavy atom. The van der Waals surface area contributed by atoms with Gasteiger partial charge in [0.2, 0.25) is 5.91 Å². The van der Waals surface area contributed by atoms with Crippen molar-refractivity contribution in [3.8, 4) is 0 Å². The SMILES string of the molecule is CCCc1ccccc1NC(=O)CCNC(C)C. The average Bonchev–Trinajstić information content (AvgIpc) is 2.31. The Hall–Kier alpha value is -1.35. The van der Waals surface area contributed by atoms with E-state index in [-0.39, 0.29) is 5.91 Å². The fourth-order valence-electron chi connectivity index (χ4n) is 1.82. The standard InChI is InChI=1S/C15H24N2O/c1-4-7-13-8-5-6-9-14(13)17-15(18)10-11-16-12(2)3/h5-6,8-9,12,16H,4,7,10-11H2,1-3H3,(H,17,18). The fourth-order valence-corrected chi connectivity index (χ4v) is 1.82. The summed E-state index contributed by atoms with van der Waals surface area (Å²) in [7, 11) is 0. The number of benzene rings is 1. The second-order valence-electron chi connectivity index (χ2n) is 4.81. The highest BCUT2D eigenvalue weighted by atomic mass is 16.1. The van der Waals surface area contributed by atoms with E-state index in [1.54, 1.807) is 0 Å². The fraction of sp³-hybridized carbons (Fsp3) is 0.533. The van der Waals surface area contributed by atoms with Crippen molar-refractivity contribution >= 4 is 11.6 Å². The van der Waals surface area contributed by atoms with Gasteiger partial charge < -0.3 is 10.6 Å². The predicted octanol–water partition coefficient (Wildman–Crippen LogP) is 2.97. The molecule has 100 valence electrons. The van der Waals surface area contributed by atoms with E-state index < -0.39 is 0 Å². The zero-order valence-corrected chi connectivity index (χ0v) is 11.6. The molecule has 0 radical (unpaired) electrons. The van der Waals surface area contributed by atoms with Gasteiger partial charge >= 0.3 is 0 Å². The lowest BCUT2D eigenvalue weighted by atomic mass is 10.1. The summed E-state index contributed by atoms with van der Waals surface area (Å²) in [6.07, 6.45) is 2.60. The van der Waals surface area contributed by atoms with E-state index >= 15 is 0 Å². The van der Waals surface area contributed by atoms with Gasteiger partial charge in [0.15, 0.2) is 0 Å². The van der Waals surface area contributed by atoms with Gasteiger partial charge in [0.05, 0.1) is 0 Å². The molecule has 3 heteroatoms. The van der Waals surface area contributed by atoms with Crippen molar-refractivity contribution in [2.45, 2.75) is 46.1 Å². The van der Waals surface area contributed by atoms with Crippen molar-refractivity contribution in [1.82, 2.24) is 5.32 Å². The smallest absolute Gasteiger partial charge is 0.225 e. The molecule has 0 saturated carbocycles. The normalized spacial score (nSPS) is 10.7. The van der Waals surface area contributed by atoms with Crippen LogP contribution in [0.2, 0.25) is 0 Å². The number of rotatable bonds is 7. The lowest BCUT2D eigenvalue weighted by molar-refractivity contribution is -0.116. The Morgan fingerprint density at radius 1 is 1.28 bits per heavy atom. The Labute approximate surface area is 110 Å². The average molecular weight is 248 g/mol. The van der Waals surface area contributed by atoms with Gasteiger partial charge in [-0.05, 0) is 18.1 Å². The van der Waals surface area contributed by atoms with E-state index in [4.69, 9.17) is 0 Å². The van der Waals surface area contributed by atoms with Gasteiger partial charge in [0.1, 0.15) is 0 Å². The molecule has 3 nitrogen and oxygen atoms in total. The summed E-state index contributed by atoms with van der Waals surface area (Å²) in [6, 6.07) is 8.44. The molecule has 0 aliphatic rings. The maximum absolute atomic E-state index is 11.8. The van der Waals surface area contributed by atoms with Crippen molar-refractivity contribution in [3.05, 3.63) is 29.8 Å². The van der Waals surface area contributed by atoms with Gasteiger partial charge in [-0.15, -0.1) is 0 Å². The molecule has 2 N–H and O–H groups in total. The second kappa shape index (κ2) is 7.88. The molecule has 0 bridgehead atoms. The summed E-state index contributed by atoms with van der Waals surface area (Å²) in [6.45, 7) is 7.02. The molecule has 18 heavy (non-hydrogen) atoms. The van der Waals surface area contributed by atoms with Crippen molar-refractivity contribution < 1.29 is 4.79 Å². The van der Waals surface area contributed by atoms with Crippen molar-refractivity contribution in [1.29, 1.82) is 0 Å². The number of anilines is 1. The molecular formula is C15H24N2O. The van der Waals surface area contributed by atoms with Crippen LogP contribution in [0.5, 0.6) is 0 Å². The molecule has 0 saturated heterocycles. The van der Waals surface area contributed by atoms with Gasteiger partial charge in [-0.25, -0.2) is 0 Å². The van der Waals surface area contributed by atoms with Crippen LogP contribution in [-0.4, -0.2) is 18.5 Å². The molecule has 1 rings (SSSR count). The molecule has 0 spiro atoms.